The molecule has 0 aliphatic carbocycles. The number of fused-ring (bicyclic) bond motifs is 1. The molecule has 0 N–H and O–H groups in total. The lowest BCUT2D eigenvalue weighted by atomic mass is 10.1. The lowest BCUT2D eigenvalue weighted by Gasteiger charge is -2.07. The van der Waals surface area contributed by atoms with Crippen LogP contribution in [0.3, 0.4) is 0 Å². The molecule has 1 aromatic rings. The molecule has 2 nitrogen and oxygen atoms in total. The van der Waals surface area contributed by atoms with Gasteiger partial charge in [-0.2, -0.15) is 11.8 Å². The van der Waals surface area contributed by atoms with Crippen molar-refractivity contribution < 1.29 is 8.42 Å². The highest BCUT2D eigenvalue weighted by Gasteiger charge is 2.21. The van der Waals surface area contributed by atoms with Crippen LogP contribution in [0.2, 0.25) is 0 Å². The first-order chi connectivity index (χ1) is 8.04. The van der Waals surface area contributed by atoms with Crippen LogP contribution in [0.5, 0.6) is 0 Å². The summed E-state index contributed by atoms with van der Waals surface area (Å²) in [6, 6.07) is 8.51. The molecule has 1 aliphatic rings. The normalized spacial score (nSPS) is 19.2. The molecule has 17 heavy (non-hydrogen) atoms. The Kier molecular flexibility index (Phi) is 4.44. The molecular weight excluding hydrogens is 272 g/mol. The smallest absolute Gasteiger partial charge is 0.148 e. The molecule has 0 fully saturated rings. The van der Waals surface area contributed by atoms with Crippen molar-refractivity contribution in [3.05, 3.63) is 29.8 Å². The number of rotatable bonds is 5. The van der Waals surface area contributed by atoms with Crippen LogP contribution in [0.15, 0.2) is 29.2 Å². The third-order valence-electron chi connectivity index (χ3n) is 2.62. The van der Waals surface area contributed by atoms with E-state index in [1.807, 2.05) is 11.8 Å². The minimum Gasteiger partial charge on any atom is -0.229 e. The predicted octanol–water partition coefficient (Wildman–Crippen LogP) is 2.48. The Balaban J connectivity index is 1.74. The second-order valence-electron chi connectivity index (χ2n) is 4.26. The maximum atomic E-state index is 11.0. The molecule has 0 amide bonds. The third-order valence-corrected chi connectivity index (χ3v) is 6.48. The van der Waals surface area contributed by atoms with Gasteiger partial charge < -0.3 is 0 Å². The summed E-state index contributed by atoms with van der Waals surface area (Å²) in [6.45, 7) is 0. The quantitative estimate of drug-likeness (QED) is 0.780. The van der Waals surface area contributed by atoms with Gasteiger partial charge in [-0.25, -0.2) is 8.42 Å². The Labute approximate surface area is 111 Å². The highest BCUT2D eigenvalue weighted by molar-refractivity contribution is 8.04. The van der Waals surface area contributed by atoms with Gasteiger partial charge in [0.1, 0.15) is 9.84 Å². The van der Waals surface area contributed by atoms with Gasteiger partial charge in [0.2, 0.25) is 0 Å². The SMILES string of the molecule is CS(=O)(=O)CCSCC1Cc2ccccc2S1. The molecule has 5 heteroatoms. The Morgan fingerprint density at radius 2 is 2.18 bits per heavy atom. The van der Waals surface area contributed by atoms with Crippen molar-refractivity contribution in [2.24, 2.45) is 0 Å². The molecule has 1 unspecified atom stereocenters. The molecule has 0 saturated carbocycles. The summed E-state index contributed by atoms with van der Waals surface area (Å²) >= 11 is 3.67. The molecule has 1 atom stereocenters. The summed E-state index contributed by atoms with van der Waals surface area (Å²) in [5, 5.41) is 0.608. The van der Waals surface area contributed by atoms with Crippen molar-refractivity contribution >= 4 is 33.4 Å². The standard InChI is InChI=1S/C12H16O2S3/c1-17(13,14)7-6-15-9-11-8-10-4-2-3-5-12(10)16-11/h2-5,11H,6-9H2,1H3. The Morgan fingerprint density at radius 1 is 1.41 bits per heavy atom. The molecule has 0 saturated heterocycles. The average Bonchev–Trinajstić information content (AvgIpc) is 2.65. The molecular formula is C12H16O2S3. The van der Waals surface area contributed by atoms with Crippen molar-refractivity contribution in [3.63, 3.8) is 0 Å². The van der Waals surface area contributed by atoms with Gasteiger partial charge in [-0.1, -0.05) is 18.2 Å². The van der Waals surface area contributed by atoms with Gasteiger partial charge in [-0.05, 0) is 18.1 Å². The summed E-state index contributed by atoms with van der Waals surface area (Å²) < 4.78 is 22.0. The maximum absolute atomic E-state index is 11.0. The van der Waals surface area contributed by atoms with Gasteiger partial charge in [-0.3, -0.25) is 0 Å². The molecule has 0 bridgehead atoms. The number of thioether (sulfide) groups is 2. The first kappa shape index (κ1) is 13.3. The first-order valence-electron chi connectivity index (χ1n) is 5.54. The van der Waals surface area contributed by atoms with E-state index in [0.717, 1.165) is 12.2 Å². The fourth-order valence-corrected chi connectivity index (χ4v) is 5.64. The van der Waals surface area contributed by atoms with Crippen LogP contribution in [-0.4, -0.2) is 37.2 Å². The van der Waals surface area contributed by atoms with E-state index >= 15 is 0 Å². The Bertz CT molecular complexity index is 457. The van der Waals surface area contributed by atoms with Crippen molar-refractivity contribution in [3.8, 4) is 0 Å². The monoisotopic (exact) mass is 288 g/mol. The number of hydrogen-bond donors (Lipinski definition) is 0. The van der Waals surface area contributed by atoms with Gasteiger partial charge in [-0.15, -0.1) is 11.8 Å². The summed E-state index contributed by atoms with van der Waals surface area (Å²) in [5.41, 5.74) is 1.44. The van der Waals surface area contributed by atoms with E-state index in [2.05, 4.69) is 24.3 Å². The van der Waals surface area contributed by atoms with Gasteiger partial charge in [0.25, 0.3) is 0 Å². The van der Waals surface area contributed by atoms with E-state index < -0.39 is 9.84 Å². The summed E-state index contributed by atoms with van der Waals surface area (Å²) in [6.07, 6.45) is 2.42. The molecule has 2 rings (SSSR count). The second kappa shape index (κ2) is 5.67. The van der Waals surface area contributed by atoms with E-state index in [9.17, 15) is 8.42 Å². The largest absolute Gasteiger partial charge is 0.229 e. The molecule has 0 radical (unpaired) electrons. The topological polar surface area (TPSA) is 34.1 Å². The van der Waals surface area contributed by atoms with Crippen LogP contribution in [0, 0.1) is 0 Å². The molecule has 1 heterocycles. The lowest BCUT2D eigenvalue weighted by molar-refractivity contribution is 0.603. The van der Waals surface area contributed by atoms with Gasteiger partial charge in [0, 0.05) is 27.9 Å². The second-order valence-corrected chi connectivity index (χ2v) is 9.01. The molecule has 94 valence electrons. The average molecular weight is 288 g/mol. The van der Waals surface area contributed by atoms with Gasteiger partial charge in [0.05, 0.1) is 5.75 Å². The molecule has 0 spiro atoms. The minimum absolute atomic E-state index is 0.294. The van der Waals surface area contributed by atoms with Crippen LogP contribution in [0.4, 0.5) is 0 Å². The highest BCUT2D eigenvalue weighted by atomic mass is 32.2. The first-order valence-corrected chi connectivity index (χ1v) is 9.64. The fourth-order valence-electron chi connectivity index (χ4n) is 1.77. The van der Waals surface area contributed by atoms with Crippen molar-refractivity contribution in [2.75, 3.05) is 23.5 Å². The Hall–Kier alpha value is -0.130. The van der Waals surface area contributed by atoms with Crippen molar-refractivity contribution in [2.45, 2.75) is 16.6 Å². The van der Waals surface area contributed by atoms with Crippen LogP contribution in [-0.2, 0) is 16.3 Å². The van der Waals surface area contributed by atoms with E-state index in [1.54, 1.807) is 11.8 Å². The molecule has 1 aromatic carbocycles. The molecule has 0 aromatic heterocycles. The predicted molar refractivity (Wildman–Crippen MR) is 76.8 cm³/mol. The Morgan fingerprint density at radius 3 is 2.88 bits per heavy atom. The van der Waals surface area contributed by atoms with Crippen LogP contribution in [0.25, 0.3) is 0 Å². The summed E-state index contributed by atoms with van der Waals surface area (Å²) in [7, 11) is -2.80. The molecule has 1 aliphatic heterocycles. The number of hydrogen-bond acceptors (Lipinski definition) is 4. The summed E-state index contributed by atoms with van der Waals surface area (Å²) in [4.78, 5) is 1.39. The minimum atomic E-state index is -2.80. The lowest BCUT2D eigenvalue weighted by Crippen LogP contribution is -2.09. The van der Waals surface area contributed by atoms with Crippen LogP contribution in [0.1, 0.15) is 5.56 Å². The van der Waals surface area contributed by atoms with Crippen LogP contribution >= 0.6 is 23.5 Å². The van der Waals surface area contributed by atoms with E-state index in [1.165, 1.54) is 16.7 Å². The van der Waals surface area contributed by atoms with E-state index in [-0.39, 0.29) is 0 Å². The zero-order chi connectivity index (χ0) is 12.3. The van der Waals surface area contributed by atoms with E-state index in [4.69, 9.17) is 0 Å². The third kappa shape index (κ3) is 4.23. The van der Waals surface area contributed by atoms with Gasteiger partial charge in [0.15, 0.2) is 0 Å². The maximum Gasteiger partial charge on any atom is 0.148 e. The number of sulfone groups is 1. The van der Waals surface area contributed by atoms with Crippen molar-refractivity contribution in [1.29, 1.82) is 0 Å². The van der Waals surface area contributed by atoms with Gasteiger partial charge >= 0.3 is 0 Å². The fraction of sp³-hybridized carbons (Fsp3) is 0.500. The zero-order valence-corrected chi connectivity index (χ0v) is 12.2. The summed E-state index contributed by atoms with van der Waals surface area (Å²) in [5.74, 6) is 2.04. The van der Waals surface area contributed by atoms with E-state index in [0.29, 0.717) is 16.8 Å². The van der Waals surface area contributed by atoms with Crippen molar-refractivity contribution in [1.82, 2.24) is 0 Å². The zero-order valence-electron chi connectivity index (χ0n) is 9.76. The number of benzene rings is 1. The van der Waals surface area contributed by atoms with Crippen LogP contribution < -0.4 is 0 Å². The highest BCUT2D eigenvalue weighted by Crippen LogP contribution is 2.38.